The maximum atomic E-state index is 13.5. The van der Waals surface area contributed by atoms with Crippen LogP contribution in [0, 0.1) is 41.4 Å². The predicted octanol–water partition coefficient (Wildman–Crippen LogP) is 3.26. The Morgan fingerprint density at radius 1 is 1.00 bits per heavy atom. The number of carbonyl (C=O) groups is 3. The van der Waals surface area contributed by atoms with Crippen LogP contribution < -0.4 is 0 Å². The number of carbonyl (C=O) groups excluding carboxylic acids is 3. The van der Waals surface area contributed by atoms with Crippen LogP contribution >= 0.6 is 0 Å². The van der Waals surface area contributed by atoms with Gasteiger partial charge in [0.1, 0.15) is 17.8 Å². The first-order chi connectivity index (χ1) is 13.8. The standard InChI is InChI=1S/C23H32O6/c1-11(2)23(15-5-13-4-14(7-15)8-16(23)6-13)29-22(26)18-10-19(27-12(3)24)20-9-17(18)21(25)28-20/h11,13-20H,4-10H2,1-3H3. The summed E-state index contributed by atoms with van der Waals surface area (Å²) in [5, 5.41) is 0. The van der Waals surface area contributed by atoms with E-state index in [0.29, 0.717) is 24.7 Å². The van der Waals surface area contributed by atoms with Gasteiger partial charge < -0.3 is 14.2 Å². The maximum absolute atomic E-state index is 13.5. The summed E-state index contributed by atoms with van der Waals surface area (Å²) in [5.74, 6) is 0.575. The number of esters is 3. The van der Waals surface area contributed by atoms with Crippen molar-refractivity contribution in [2.45, 2.75) is 83.5 Å². The molecule has 160 valence electrons. The van der Waals surface area contributed by atoms with Gasteiger partial charge in [-0.25, -0.2) is 0 Å². The average Bonchev–Trinajstić information content (AvgIpc) is 2.96. The van der Waals surface area contributed by atoms with Gasteiger partial charge in [0.05, 0.1) is 11.8 Å². The van der Waals surface area contributed by atoms with E-state index in [-0.39, 0.29) is 17.9 Å². The van der Waals surface area contributed by atoms with Crippen LogP contribution in [-0.4, -0.2) is 35.7 Å². The van der Waals surface area contributed by atoms with Crippen LogP contribution in [-0.2, 0) is 28.6 Å². The van der Waals surface area contributed by atoms with Gasteiger partial charge in [-0.2, -0.15) is 0 Å². The van der Waals surface area contributed by atoms with Crippen LogP contribution in [0.1, 0.15) is 65.7 Å². The number of rotatable bonds is 4. The molecule has 1 saturated heterocycles. The molecular formula is C23H32O6. The Morgan fingerprint density at radius 3 is 2.17 bits per heavy atom. The van der Waals surface area contributed by atoms with Crippen molar-refractivity contribution in [1.29, 1.82) is 0 Å². The van der Waals surface area contributed by atoms with E-state index in [0.717, 1.165) is 37.5 Å². The van der Waals surface area contributed by atoms with Crippen LogP contribution in [0.3, 0.4) is 0 Å². The average molecular weight is 405 g/mol. The smallest absolute Gasteiger partial charge is 0.310 e. The van der Waals surface area contributed by atoms with Gasteiger partial charge in [-0.3, -0.25) is 14.4 Å². The van der Waals surface area contributed by atoms with Crippen molar-refractivity contribution in [3.63, 3.8) is 0 Å². The number of fused-ring (bicyclic) bond motifs is 2. The predicted molar refractivity (Wildman–Crippen MR) is 102 cm³/mol. The second kappa shape index (κ2) is 6.71. The van der Waals surface area contributed by atoms with E-state index in [9.17, 15) is 14.4 Å². The highest BCUT2D eigenvalue weighted by molar-refractivity contribution is 5.84. The molecule has 6 bridgehead atoms. The lowest BCUT2D eigenvalue weighted by atomic mass is 9.47. The molecule has 0 spiro atoms. The minimum atomic E-state index is -0.585. The van der Waals surface area contributed by atoms with Gasteiger partial charge in [0.25, 0.3) is 0 Å². The molecule has 6 rings (SSSR count). The largest absolute Gasteiger partial charge is 0.459 e. The molecule has 4 atom stereocenters. The molecule has 5 saturated carbocycles. The summed E-state index contributed by atoms with van der Waals surface area (Å²) < 4.78 is 17.3. The fourth-order valence-electron chi connectivity index (χ4n) is 7.75. The molecule has 5 aliphatic carbocycles. The molecule has 0 aromatic heterocycles. The lowest BCUT2D eigenvalue weighted by Crippen LogP contribution is -2.63. The normalized spacial score (nSPS) is 47.2. The van der Waals surface area contributed by atoms with Gasteiger partial charge >= 0.3 is 17.9 Å². The van der Waals surface area contributed by atoms with Crippen molar-refractivity contribution in [3.05, 3.63) is 0 Å². The monoisotopic (exact) mass is 404 g/mol. The summed E-state index contributed by atoms with van der Waals surface area (Å²) in [6.45, 7) is 5.70. The summed E-state index contributed by atoms with van der Waals surface area (Å²) in [4.78, 5) is 37.4. The van der Waals surface area contributed by atoms with E-state index in [4.69, 9.17) is 14.2 Å². The highest BCUT2D eigenvalue weighted by Gasteiger charge is 2.62. The van der Waals surface area contributed by atoms with Crippen LogP contribution in [0.4, 0.5) is 0 Å². The van der Waals surface area contributed by atoms with Crippen LogP contribution in [0.25, 0.3) is 0 Å². The van der Waals surface area contributed by atoms with Gasteiger partial charge in [-0.1, -0.05) is 13.8 Å². The first kappa shape index (κ1) is 19.4. The molecular weight excluding hydrogens is 372 g/mol. The second-order valence-electron chi connectivity index (χ2n) is 10.5. The molecule has 0 N–H and O–H groups in total. The molecule has 6 nitrogen and oxygen atoms in total. The summed E-state index contributed by atoms with van der Waals surface area (Å²) in [6.07, 6.45) is 5.74. The first-order valence-corrected chi connectivity index (χ1v) is 11.4. The SMILES string of the molecule is CC(=O)OC1CC(C(=O)OC2(C(C)C)C3CC4CC(C3)CC2C4)C2CC1OC2=O. The lowest BCUT2D eigenvalue weighted by molar-refractivity contribution is -0.230. The number of hydrogen-bond donors (Lipinski definition) is 0. The molecule has 1 aliphatic heterocycles. The van der Waals surface area contributed by atoms with E-state index in [1.807, 2.05) is 0 Å². The van der Waals surface area contributed by atoms with E-state index < -0.39 is 35.6 Å². The quantitative estimate of drug-likeness (QED) is 0.529. The Labute approximate surface area is 172 Å². The molecule has 29 heavy (non-hydrogen) atoms. The molecule has 0 amide bonds. The minimum Gasteiger partial charge on any atom is -0.459 e. The van der Waals surface area contributed by atoms with Crippen LogP contribution in [0.5, 0.6) is 0 Å². The van der Waals surface area contributed by atoms with Gasteiger partial charge in [0.2, 0.25) is 0 Å². The third kappa shape index (κ3) is 2.92. The van der Waals surface area contributed by atoms with Gasteiger partial charge in [-0.05, 0) is 61.7 Å². The van der Waals surface area contributed by atoms with Crippen molar-refractivity contribution in [2.24, 2.45) is 41.4 Å². The number of ether oxygens (including phenoxy) is 3. The first-order valence-electron chi connectivity index (χ1n) is 11.4. The Morgan fingerprint density at radius 2 is 1.62 bits per heavy atom. The summed E-state index contributed by atoms with van der Waals surface area (Å²) in [5.41, 5.74) is -0.416. The summed E-state index contributed by atoms with van der Waals surface area (Å²) in [7, 11) is 0. The van der Waals surface area contributed by atoms with Crippen molar-refractivity contribution in [3.8, 4) is 0 Å². The van der Waals surface area contributed by atoms with Crippen LogP contribution in [0.2, 0.25) is 0 Å². The van der Waals surface area contributed by atoms with E-state index in [1.54, 1.807) is 0 Å². The second-order valence-corrected chi connectivity index (χ2v) is 10.5. The van der Waals surface area contributed by atoms with Crippen molar-refractivity contribution >= 4 is 17.9 Å². The topological polar surface area (TPSA) is 78.9 Å². The molecule has 0 radical (unpaired) electrons. The molecule has 4 unspecified atom stereocenters. The Kier molecular flexibility index (Phi) is 4.48. The third-order valence-electron chi connectivity index (χ3n) is 8.66. The van der Waals surface area contributed by atoms with Gasteiger partial charge in [0, 0.05) is 19.8 Å². The molecule has 6 heteroatoms. The third-order valence-corrected chi connectivity index (χ3v) is 8.66. The molecule has 6 fully saturated rings. The fraction of sp³-hybridized carbons (Fsp3) is 0.870. The fourth-order valence-corrected chi connectivity index (χ4v) is 7.75. The highest BCUT2D eigenvalue weighted by atomic mass is 16.6. The summed E-state index contributed by atoms with van der Waals surface area (Å²) in [6, 6.07) is 0. The Bertz CT molecular complexity index is 699. The molecule has 6 aliphatic rings. The lowest BCUT2D eigenvalue weighted by Gasteiger charge is -2.62. The zero-order chi connectivity index (χ0) is 20.5. The van der Waals surface area contributed by atoms with Gasteiger partial charge in [0.15, 0.2) is 0 Å². The minimum absolute atomic E-state index is 0.248. The zero-order valence-corrected chi connectivity index (χ0v) is 17.6. The van der Waals surface area contributed by atoms with Crippen LogP contribution in [0.15, 0.2) is 0 Å². The van der Waals surface area contributed by atoms with E-state index in [2.05, 4.69) is 13.8 Å². The van der Waals surface area contributed by atoms with Crippen molar-refractivity contribution in [1.82, 2.24) is 0 Å². The Hall–Kier alpha value is -1.59. The van der Waals surface area contributed by atoms with Gasteiger partial charge in [-0.15, -0.1) is 0 Å². The highest BCUT2D eigenvalue weighted by Crippen LogP contribution is 2.62. The molecule has 0 aromatic rings. The maximum Gasteiger partial charge on any atom is 0.310 e. The van der Waals surface area contributed by atoms with Crippen molar-refractivity contribution < 1.29 is 28.6 Å². The zero-order valence-electron chi connectivity index (χ0n) is 17.6. The molecule has 0 aromatic carbocycles. The van der Waals surface area contributed by atoms with Crippen molar-refractivity contribution in [2.75, 3.05) is 0 Å². The molecule has 1 heterocycles. The van der Waals surface area contributed by atoms with E-state index >= 15 is 0 Å². The van der Waals surface area contributed by atoms with E-state index in [1.165, 1.54) is 13.3 Å². The number of hydrogen-bond acceptors (Lipinski definition) is 6. The Balaban J connectivity index is 1.39. The summed E-state index contributed by atoms with van der Waals surface area (Å²) >= 11 is 0.